The maximum atomic E-state index is 11.7. The van der Waals surface area contributed by atoms with Crippen LogP contribution in [-0.4, -0.2) is 35.5 Å². The second-order valence-electron chi connectivity index (χ2n) is 4.42. The molecule has 0 N–H and O–H groups in total. The van der Waals surface area contributed by atoms with Gasteiger partial charge in [0.15, 0.2) is 9.84 Å². The molecule has 0 bridgehead atoms. The molecule has 0 aliphatic carbocycles. The van der Waals surface area contributed by atoms with Crippen molar-refractivity contribution in [2.45, 2.75) is 11.3 Å². The lowest BCUT2D eigenvalue weighted by Crippen LogP contribution is -2.36. The lowest BCUT2D eigenvalue weighted by molar-refractivity contribution is 0.601. The van der Waals surface area contributed by atoms with E-state index < -0.39 is 9.84 Å². The summed E-state index contributed by atoms with van der Waals surface area (Å²) in [5, 5.41) is 0.0847. The Bertz CT molecular complexity index is 616. The molecule has 0 radical (unpaired) electrons. The van der Waals surface area contributed by atoms with Crippen molar-refractivity contribution in [3.63, 3.8) is 0 Å². The Balaban J connectivity index is 1.99. The number of thiocarbonyl (C=S) groups is 1. The standard InChI is InChI=1S/C11H10BrNO2S3/c12-7-2-1-3-8(4-7)13-9-5-18(14,15)6-10(9)17-11(13)16/h1-4,9-10H,5-6H2/t9-,10+/m0/s1. The second kappa shape index (κ2) is 4.47. The topological polar surface area (TPSA) is 37.4 Å². The van der Waals surface area contributed by atoms with E-state index in [0.717, 1.165) is 14.5 Å². The van der Waals surface area contributed by atoms with Crippen LogP contribution in [0.25, 0.3) is 0 Å². The van der Waals surface area contributed by atoms with E-state index in [9.17, 15) is 8.42 Å². The lowest BCUT2D eigenvalue weighted by atomic mass is 10.2. The van der Waals surface area contributed by atoms with E-state index >= 15 is 0 Å². The smallest absolute Gasteiger partial charge is 0.153 e. The van der Waals surface area contributed by atoms with E-state index in [2.05, 4.69) is 15.9 Å². The van der Waals surface area contributed by atoms with Crippen LogP contribution in [0.2, 0.25) is 0 Å². The molecule has 7 heteroatoms. The van der Waals surface area contributed by atoms with Crippen LogP contribution in [0.15, 0.2) is 28.7 Å². The summed E-state index contributed by atoms with van der Waals surface area (Å²) in [7, 11) is -2.91. The molecule has 2 saturated heterocycles. The highest BCUT2D eigenvalue weighted by Gasteiger charge is 2.48. The fraction of sp³-hybridized carbons (Fsp3) is 0.364. The summed E-state index contributed by atoms with van der Waals surface area (Å²) in [4.78, 5) is 1.99. The highest BCUT2D eigenvalue weighted by atomic mass is 79.9. The molecule has 96 valence electrons. The van der Waals surface area contributed by atoms with Crippen LogP contribution < -0.4 is 4.90 Å². The van der Waals surface area contributed by atoms with Crippen LogP contribution >= 0.6 is 39.9 Å². The van der Waals surface area contributed by atoms with Gasteiger partial charge in [-0.1, -0.05) is 46.0 Å². The quantitative estimate of drug-likeness (QED) is 0.716. The average Bonchev–Trinajstić information content (AvgIpc) is 2.68. The molecule has 2 aliphatic rings. The molecule has 0 saturated carbocycles. The number of hydrogen-bond donors (Lipinski definition) is 0. The van der Waals surface area contributed by atoms with E-state index in [1.54, 1.807) is 0 Å². The Morgan fingerprint density at radius 3 is 2.89 bits per heavy atom. The van der Waals surface area contributed by atoms with Gasteiger partial charge in [-0.05, 0) is 18.2 Å². The summed E-state index contributed by atoms with van der Waals surface area (Å²) >= 11 is 10.3. The van der Waals surface area contributed by atoms with Gasteiger partial charge < -0.3 is 4.90 Å². The Morgan fingerprint density at radius 2 is 2.17 bits per heavy atom. The van der Waals surface area contributed by atoms with Crippen LogP contribution in [0, 0.1) is 0 Å². The number of halogens is 1. The largest absolute Gasteiger partial charge is 0.322 e. The van der Waals surface area contributed by atoms with Crippen LogP contribution in [-0.2, 0) is 9.84 Å². The SMILES string of the molecule is O=S1(=O)C[C@H]2SC(=S)N(c3cccc(Br)c3)[C@H]2C1. The van der Waals surface area contributed by atoms with Gasteiger partial charge in [0, 0.05) is 15.4 Å². The predicted octanol–water partition coefficient (Wildman–Crippen LogP) is 2.45. The van der Waals surface area contributed by atoms with Gasteiger partial charge in [-0.2, -0.15) is 0 Å². The number of fused-ring (bicyclic) bond motifs is 1. The van der Waals surface area contributed by atoms with Crippen LogP contribution in [0.1, 0.15) is 0 Å². The van der Waals surface area contributed by atoms with Crippen molar-refractivity contribution < 1.29 is 8.42 Å². The zero-order valence-electron chi connectivity index (χ0n) is 9.24. The first-order chi connectivity index (χ1) is 8.46. The molecule has 18 heavy (non-hydrogen) atoms. The normalized spacial score (nSPS) is 29.6. The first-order valence-corrected chi connectivity index (χ1v) is 9.32. The van der Waals surface area contributed by atoms with E-state index in [1.165, 1.54) is 11.8 Å². The summed E-state index contributed by atoms with van der Waals surface area (Å²) < 4.78 is 25.1. The third kappa shape index (κ3) is 2.21. The minimum absolute atomic E-state index is 0.0122. The second-order valence-corrected chi connectivity index (χ2v) is 9.36. The van der Waals surface area contributed by atoms with Gasteiger partial charge in [-0.25, -0.2) is 8.42 Å². The molecule has 1 aromatic rings. The third-order valence-electron chi connectivity index (χ3n) is 3.14. The van der Waals surface area contributed by atoms with Crippen molar-refractivity contribution >= 4 is 59.8 Å². The summed E-state index contributed by atoms with van der Waals surface area (Å²) in [5.41, 5.74) is 0.964. The molecule has 0 spiro atoms. The van der Waals surface area contributed by atoms with E-state index in [-0.39, 0.29) is 22.8 Å². The highest BCUT2D eigenvalue weighted by molar-refractivity contribution is 9.10. The van der Waals surface area contributed by atoms with Crippen LogP contribution in [0.4, 0.5) is 5.69 Å². The maximum absolute atomic E-state index is 11.7. The molecule has 2 atom stereocenters. The third-order valence-corrected chi connectivity index (χ3v) is 7.23. The van der Waals surface area contributed by atoms with Crippen molar-refractivity contribution in [3.8, 4) is 0 Å². The monoisotopic (exact) mass is 363 g/mol. The molecule has 2 fully saturated rings. The molecule has 1 aromatic carbocycles. The summed E-state index contributed by atoms with van der Waals surface area (Å²) in [6.07, 6.45) is 0. The number of benzene rings is 1. The van der Waals surface area contributed by atoms with Gasteiger partial charge in [0.1, 0.15) is 4.32 Å². The van der Waals surface area contributed by atoms with Gasteiger partial charge in [0.2, 0.25) is 0 Å². The van der Waals surface area contributed by atoms with Crippen molar-refractivity contribution in [2.75, 3.05) is 16.4 Å². The van der Waals surface area contributed by atoms with Gasteiger partial charge in [0.25, 0.3) is 0 Å². The van der Waals surface area contributed by atoms with Gasteiger partial charge in [-0.3, -0.25) is 0 Å². The number of nitrogens with zero attached hydrogens (tertiary/aromatic N) is 1. The van der Waals surface area contributed by atoms with Gasteiger partial charge in [-0.15, -0.1) is 0 Å². The molecule has 2 aliphatic heterocycles. The van der Waals surface area contributed by atoms with Crippen LogP contribution in [0.3, 0.4) is 0 Å². The molecule has 0 unspecified atom stereocenters. The molecule has 3 nitrogen and oxygen atoms in total. The number of rotatable bonds is 1. The van der Waals surface area contributed by atoms with Crippen molar-refractivity contribution in [1.82, 2.24) is 0 Å². The predicted molar refractivity (Wildman–Crippen MR) is 83.0 cm³/mol. The van der Waals surface area contributed by atoms with E-state index in [1.807, 2.05) is 29.2 Å². The number of hydrogen-bond acceptors (Lipinski definition) is 4. The van der Waals surface area contributed by atoms with Crippen molar-refractivity contribution in [1.29, 1.82) is 0 Å². The Labute approximate surface area is 124 Å². The zero-order valence-corrected chi connectivity index (χ0v) is 13.3. The number of sulfone groups is 1. The summed E-state index contributed by atoms with van der Waals surface area (Å²) in [5.74, 6) is 0.449. The fourth-order valence-electron chi connectivity index (χ4n) is 2.39. The van der Waals surface area contributed by atoms with E-state index in [4.69, 9.17) is 12.2 Å². The summed E-state index contributed by atoms with van der Waals surface area (Å²) in [6, 6.07) is 7.80. The average molecular weight is 364 g/mol. The van der Waals surface area contributed by atoms with Crippen LogP contribution in [0.5, 0.6) is 0 Å². The molecule has 0 aromatic heterocycles. The van der Waals surface area contributed by atoms with Gasteiger partial charge in [0.05, 0.1) is 17.5 Å². The van der Waals surface area contributed by atoms with Crippen molar-refractivity contribution in [3.05, 3.63) is 28.7 Å². The molecule has 3 rings (SSSR count). The Kier molecular flexibility index (Phi) is 3.20. The maximum Gasteiger partial charge on any atom is 0.153 e. The van der Waals surface area contributed by atoms with Crippen molar-refractivity contribution in [2.24, 2.45) is 0 Å². The number of anilines is 1. The zero-order chi connectivity index (χ0) is 12.9. The Morgan fingerprint density at radius 1 is 1.39 bits per heavy atom. The summed E-state index contributed by atoms with van der Waals surface area (Å²) in [6.45, 7) is 0. The lowest BCUT2D eigenvalue weighted by Gasteiger charge is -2.24. The molecular weight excluding hydrogens is 354 g/mol. The number of thioether (sulfide) groups is 1. The van der Waals surface area contributed by atoms with E-state index in [0.29, 0.717) is 0 Å². The van der Waals surface area contributed by atoms with Gasteiger partial charge >= 0.3 is 0 Å². The highest BCUT2D eigenvalue weighted by Crippen LogP contribution is 2.41. The fourth-order valence-corrected chi connectivity index (χ4v) is 7.16. The first kappa shape index (κ1) is 12.9. The Hall–Kier alpha value is -0.110. The molecule has 0 amide bonds. The minimum Gasteiger partial charge on any atom is -0.322 e. The first-order valence-electron chi connectivity index (χ1n) is 5.42. The minimum atomic E-state index is -2.91. The molecule has 2 heterocycles. The molecular formula is C11H10BrNO2S3.